The number of hydrogen-bond donors (Lipinski definition) is 0. The Labute approximate surface area is 107 Å². The van der Waals surface area contributed by atoms with Crippen molar-refractivity contribution in [3.63, 3.8) is 0 Å². The summed E-state index contributed by atoms with van der Waals surface area (Å²) in [6, 6.07) is -0.211. The minimum Gasteiger partial charge on any atom is -0.307 e. The zero-order valence-electron chi connectivity index (χ0n) is 11.0. The molecule has 1 aliphatic carbocycles. The predicted molar refractivity (Wildman–Crippen MR) is 65.9 cm³/mol. The lowest BCUT2D eigenvalue weighted by Gasteiger charge is -2.37. The fourth-order valence-electron chi connectivity index (χ4n) is 2.65. The number of carbonyl (C=O) groups is 2. The molecule has 6 nitrogen and oxygen atoms in total. The predicted octanol–water partition coefficient (Wildman–Crippen LogP) is 1.03. The van der Waals surface area contributed by atoms with Gasteiger partial charge in [0.25, 0.3) is 0 Å². The van der Waals surface area contributed by atoms with Crippen molar-refractivity contribution in [2.75, 3.05) is 20.6 Å². The molecule has 0 aromatic rings. The monoisotopic (exact) mass is 252 g/mol. The zero-order chi connectivity index (χ0) is 13.1. The fraction of sp³-hybridized carbons (Fsp3) is 0.833. The molecule has 0 saturated heterocycles. The van der Waals surface area contributed by atoms with E-state index in [1.807, 2.05) is 19.0 Å². The molecule has 1 saturated carbocycles. The molecule has 0 bridgehead atoms. The Hall–Kier alpha value is -1.30. The molecule has 1 fully saturated rings. The van der Waals surface area contributed by atoms with E-state index < -0.39 is 17.7 Å². The molecule has 0 spiro atoms. The molecule has 1 unspecified atom stereocenters. The van der Waals surface area contributed by atoms with E-state index in [9.17, 15) is 9.59 Å². The molecule has 0 radical (unpaired) electrons. The van der Waals surface area contributed by atoms with Gasteiger partial charge in [-0.2, -0.15) is 0 Å². The van der Waals surface area contributed by atoms with Crippen LogP contribution in [0.2, 0.25) is 0 Å². The molecule has 1 amide bonds. The second-order valence-corrected chi connectivity index (χ2v) is 5.31. The van der Waals surface area contributed by atoms with Gasteiger partial charge in [0.2, 0.25) is 5.78 Å². The Morgan fingerprint density at radius 1 is 1.22 bits per heavy atom. The van der Waals surface area contributed by atoms with Gasteiger partial charge in [-0.05, 0) is 26.9 Å². The van der Waals surface area contributed by atoms with Gasteiger partial charge in [-0.15, -0.1) is 0 Å². The maximum Gasteiger partial charge on any atom is 0.335 e. The van der Waals surface area contributed by atoms with Crippen LogP contribution >= 0.6 is 0 Å². The lowest BCUT2D eigenvalue weighted by molar-refractivity contribution is -0.143. The van der Waals surface area contributed by atoms with Crippen LogP contribution in [0.25, 0.3) is 0 Å². The fourth-order valence-corrected chi connectivity index (χ4v) is 2.65. The van der Waals surface area contributed by atoms with Crippen molar-refractivity contribution < 1.29 is 9.59 Å². The summed E-state index contributed by atoms with van der Waals surface area (Å²) in [6.07, 6.45) is 5.63. The van der Waals surface area contributed by atoms with Crippen molar-refractivity contribution in [2.24, 2.45) is 10.3 Å². The highest BCUT2D eigenvalue weighted by Crippen LogP contribution is 2.26. The van der Waals surface area contributed by atoms with Crippen LogP contribution in [0, 0.1) is 0 Å². The topological polar surface area (TPSA) is 65.3 Å². The SMILES string of the molecule is CN(C)CC1C(=O)C(=O)N=NN1C1CCCCC1. The molecular formula is C12H20N4O2. The van der Waals surface area contributed by atoms with Crippen LogP contribution in [0.15, 0.2) is 10.3 Å². The Kier molecular flexibility index (Phi) is 4.06. The van der Waals surface area contributed by atoms with E-state index in [1.165, 1.54) is 6.42 Å². The van der Waals surface area contributed by atoms with E-state index in [0.29, 0.717) is 6.54 Å². The summed E-state index contributed by atoms with van der Waals surface area (Å²) in [6.45, 7) is 0.514. The molecule has 0 aromatic carbocycles. The molecule has 2 aliphatic rings. The van der Waals surface area contributed by atoms with Gasteiger partial charge >= 0.3 is 5.91 Å². The molecule has 1 aliphatic heterocycles. The molecular weight excluding hydrogens is 232 g/mol. The van der Waals surface area contributed by atoms with Crippen molar-refractivity contribution in [3.05, 3.63) is 0 Å². The standard InChI is InChI=1S/C12H20N4O2/c1-15(2)8-10-11(17)12(18)13-14-16(10)9-6-4-3-5-7-9/h9-10H,3-8H2,1-2H3. The normalized spacial score (nSPS) is 26.2. The number of ketones is 1. The van der Waals surface area contributed by atoms with E-state index in [1.54, 1.807) is 5.01 Å². The number of Topliss-reactive ketones (excluding diaryl/α,β-unsaturated/α-hetero) is 1. The van der Waals surface area contributed by atoms with Crippen LogP contribution in [0.1, 0.15) is 32.1 Å². The number of hydrogen-bond acceptors (Lipinski definition) is 5. The van der Waals surface area contributed by atoms with E-state index in [4.69, 9.17) is 0 Å². The second-order valence-electron chi connectivity index (χ2n) is 5.31. The Bertz CT molecular complexity index is 361. The van der Waals surface area contributed by atoms with Crippen LogP contribution in [0.5, 0.6) is 0 Å². The Morgan fingerprint density at radius 3 is 2.50 bits per heavy atom. The highest BCUT2D eigenvalue weighted by atomic mass is 16.2. The van der Waals surface area contributed by atoms with Crippen molar-refractivity contribution in [1.29, 1.82) is 0 Å². The summed E-state index contributed by atoms with van der Waals surface area (Å²) in [5.74, 6) is -1.14. The number of carbonyl (C=O) groups excluding carboxylic acids is 2. The summed E-state index contributed by atoms with van der Waals surface area (Å²) in [5, 5.41) is 9.22. The van der Waals surface area contributed by atoms with Gasteiger partial charge in [-0.25, -0.2) is 0 Å². The van der Waals surface area contributed by atoms with Crippen molar-refractivity contribution >= 4 is 11.7 Å². The van der Waals surface area contributed by atoms with Gasteiger partial charge in [0, 0.05) is 12.6 Å². The van der Waals surface area contributed by atoms with E-state index in [2.05, 4.69) is 10.3 Å². The van der Waals surface area contributed by atoms with Gasteiger partial charge < -0.3 is 4.90 Å². The second kappa shape index (κ2) is 5.56. The van der Waals surface area contributed by atoms with Gasteiger partial charge in [0.15, 0.2) is 0 Å². The summed E-state index contributed by atoms with van der Waals surface area (Å²) >= 11 is 0. The third-order valence-electron chi connectivity index (χ3n) is 3.56. The highest BCUT2D eigenvalue weighted by Gasteiger charge is 2.38. The minimum absolute atomic E-state index is 0.254. The van der Waals surface area contributed by atoms with Crippen LogP contribution in [-0.2, 0) is 9.59 Å². The lowest BCUT2D eigenvalue weighted by Crippen LogP contribution is -2.53. The first-order valence-electron chi connectivity index (χ1n) is 6.52. The molecule has 1 atom stereocenters. The molecule has 2 rings (SSSR count). The molecule has 1 heterocycles. The van der Waals surface area contributed by atoms with Gasteiger partial charge in [0.05, 0.1) is 0 Å². The maximum absolute atomic E-state index is 11.9. The third kappa shape index (κ3) is 2.75. The van der Waals surface area contributed by atoms with Crippen molar-refractivity contribution in [1.82, 2.24) is 9.91 Å². The summed E-state index contributed by atoms with van der Waals surface area (Å²) in [4.78, 5) is 25.2. The molecule has 18 heavy (non-hydrogen) atoms. The molecule has 0 aromatic heterocycles. The maximum atomic E-state index is 11.9. The van der Waals surface area contributed by atoms with Crippen molar-refractivity contribution in [2.45, 2.75) is 44.2 Å². The Balaban J connectivity index is 2.16. The first-order valence-corrected chi connectivity index (χ1v) is 6.52. The van der Waals surface area contributed by atoms with E-state index >= 15 is 0 Å². The number of nitrogens with zero attached hydrogens (tertiary/aromatic N) is 4. The van der Waals surface area contributed by atoms with Crippen LogP contribution in [0.4, 0.5) is 0 Å². The summed E-state index contributed by atoms with van der Waals surface area (Å²) in [7, 11) is 3.78. The average Bonchev–Trinajstić information content (AvgIpc) is 2.36. The smallest absolute Gasteiger partial charge is 0.307 e. The number of likely N-dealkylation sites (N-methyl/N-ethyl adjacent to an activating group) is 1. The first kappa shape index (κ1) is 13.1. The van der Waals surface area contributed by atoms with Crippen LogP contribution in [-0.4, -0.2) is 54.3 Å². The van der Waals surface area contributed by atoms with Crippen LogP contribution < -0.4 is 0 Å². The largest absolute Gasteiger partial charge is 0.335 e. The van der Waals surface area contributed by atoms with Gasteiger partial charge in [0.1, 0.15) is 6.04 Å². The lowest BCUT2D eigenvalue weighted by atomic mass is 9.93. The summed E-state index contributed by atoms with van der Waals surface area (Å²) in [5.41, 5.74) is 0. The highest BCUT2D eigenvalue weighted by molar-refractivity contribution is 6.38. The van der Waals surface area contributed by atoms with Crippen molar-refractivity contribution in [3.8, 4) is 0 Å². The minimum atomic E-state index is -0.714. The van der Waals surface area contributed by atoms with Crippen LogP contribution in [0.3, 0.4) is 0 Å². The third-order valence-corrected chi connectivity index (χ3v) is 3.56. The molecule has 100 valence electrons. The summed E-state index contributed by atoms with van der Waals surface area (Å²) < 4.78 is 0. The Morgan fingerprint density at radius 2 is 1.89 bits per heavy atom. The first-order chi connectivity index (χ1) is 8.59. The molecule has 0 N–H and O–H groups in total. The number of rotatable bonds is 3. The number of amides is 1. The average molecular weight is 252 g/mol. The molecule has 6 heteroatoms. The van der Waals surface area contributed by atoms with Gasteiger partial charge in [-0.3, -0.25) is 14.6 Å². The van der Waals surface area contributed by atoms with E-state index in [0.717, 1.165) is 25.7 Å². The quantitative estimate of drug-likeness (QED) is 0.704. The van der Waals surface area contributed by atoms with E-state index in [-0.39, 0.29) is 6.04 Å². The van der Waals surface area contributed by atoms with Gasteiger partial charge in [-0.1, -0.05) is 29.6 Å². The zero-order valence-corrected chi connectivity index (χ0v) is 11.0.